The van der Waals surface area contributed by atoms with Gasteiger partial charge in [0.25, 0.3) is 11.5 Å². The molecule has 29 heavy (non-hydrogen) atoms. The van der Waals surface area contributed by atoms with Crippen molar-refractivity contribution in [3.8, 4) is 0 Å². The van der Waals surface area contributed by atoms with Crippen molar-refractivity contribution < 1.29 is 9.53 Å². The Morgan fingerprint density at radius 2 is 1.62 bits per heavy atom. The fraction of sp³-hybridized carbons (Fsp3) is 0.261. The lowest BCUT2D eigenvalue weighted by Crippen LogP contribution is -2.35. The van der Waals surface area contributed by atoms with Gasteiger partial charge in [0, 0.05) is 26.3 Å². The van der Waals surface area contributed by atoms with Gasteiger partial charge >= 0.3 is 0 Å². The minimum Gasteiger partial charge on any atom is -0.383 e. The predicted octanol–water partition coefficient (Wildman–Crippen LogP) is 2.77. The Morgan fingerprint density at radius 3 is 2.28 bits per heavy atom. The highest BCUT2D eigenvalue weighted by molar-refractivity contribution is 5.92. The van der Waals surface area contributed by atoms with Gasteiger partial charge in [-0.3, -0.25) is 9.59 Å². The number of rotatable bonds is 9. The number of carbonyl (C=O) groups excluding carboxylic acids is 1. The van der Waals surface area contributed by atoms with Gasteiger partial charge in [0.1, 0.15) is 5.69 Å². The molecule has 150 valence electrons. The first-order chi connectivity index (χ1) is 14.2. The van der Waals surface area contributed by atoms with Gasteiger partial charge in [-0.25, -0.2) is 4.68 Å². The first-order valence-electron chi connectivity index (χ1n) is 9.61. The molecule has 0 aliphatic carbocycles. The monoisotopic (exact) mass is 391 g/mol. The van der Waals surface area contributed by atoms with Gasteiger partial charge in [0.05, 0.1) is 13.2 Å². The average molecular weight is 391 g/mol. The van der Waals surface area contributed by atoms with E-state index in [9.17, 15) is 9.59 Å². The Balaban J connectivity index is 1.82. The summed E-state index contributed by atoms with van der Waals surface area (Å²) in [4.78, 5) is 27.0. The minimum absolute atomic E-state index is 0.198. The highest BCUT2D eigenvalue weighted by Crippen LogP contribution is 2.10. The molecule has 3 aromatic rings. The first-order valence-corrected chi connectivity index (χ1v) is 9.61. The Labute approximate surface area is 170 Å². The zero-order valence-electron chi connectivity index (χ0n) is 16.5. The third-order valence-corrected chi connectivity index (χ3v) is 4.61. The molecule has 0 fully saturated rings. The molecular weight excluding hydrogens is 366 g/mol. The molecule has 6 nitrogen and oxygen atoms in total. The number of nitrogens with zero attached hydrogens (tertiary/aromatic N) is 3. The largest absolute Gasteiger partial charge is 0.383 e. The predicted molar refractivity (Wildman–Crippen MR) is 112 cm³/mol. The number of aromatic nitrogens is 2. The summed E-state index contributed by atoms with van der Waals surface area (Å²) in [6.45, 7) is 1.69. The van der Waals surface area contributed by atoms with Crippen LogP contribution in [0.3, 0.4) is 0 Å². The van der Waals surface area contributed by atoms with Crippen molar-refractivity contribution in [1.82, 2.24) is 14.7 Å². The van der Waals surface area contributed by atoms with E-state index < -0.39 is 0 Å². The maximum atomic E-state index is 13.2. The molecule has 0 bridgehead atoms. The smallest absolute Gasteiger partial charge is 0.274 e. The van der Waals surface area contributed by atoms with Crippen molar-refractivity contribution in [2.24, 2.45) is 0 Å². The molecule has 0 aliphatic heterocycles. The van der Waals surface area contributed by atoms with Gasteiger partial charge in [-0.05, 0) is 23.6 Å². The zero-order valence-corrected chi connectivity index (χ0v) is 16.5. The topological polar surface area (TPSA) is 64.4 Å². The van der Waals surface area contributed by atoms with Gasteiger partial charge in [-0.2, -0.15) is 5.10 Å². The fourth-order valence-corrected chi connectivity index (χ4v) is 3.03. The second kappa shape index (κ2) is 10.3. The van der Waals surface area contributed by atoms with E-state index in [0.29, 0.717) is 26.2 Å². The van der Waals surface area contributed by atoms with Crippen molar-refractivity contribution >= 4 is 5.91 Å². The van der Waals surface area contributed by atoms with E-state index in [4.69, 9.17) is 4.74 Å². The van der Waals surface area contributed by atoms with Gasteiger partial charge in [0.15, 0.2) is 0 Å². The van der Waals surface area contributed by atoms with Crippen LogP contribution in [0.4, 0.5) is 0 Å². The Bertz CT molecular complexity index is 971. The molecule has 6 heteroatoms. The molecule has 2 aromatic carbocycles. The summed E-state index contributed by atoms with van der Waals surface area (Å²) in [6.07, 6.45) is 0.739. The van der Waals surface area contributed by atoms with Crippen LogP contribution in [0.15, 0.2) is 77.6 Å². The average Bonchev–Trinajstić information content (AvgIpc) is 2.77. The minimum atomic E-state index is -0.252. The number of methoxy groups -OCH3 is 1. The van der Waals surface area contributed by atoms with Crippen molar-refractivity contribution in [3.05, 3.63) is 100.0 Å². The van der Waals surface area contributed by atoms with E-state index >= 15 is 0 Å². The van der Waals surface area contributed by atoms with E-state index in [0.717, 1.165) is 17.5 Å². The summed E-state index contributed by atoms with van der Waals surface area (Å²) in [7, 11) is 1.56. The molecule has 0 saturated carbocycles. The second-order valence-corrected chi connectivity index (χ2v) is 6.72. The zero-order chi connectivity index (χ0) is 20.5. The van der Waals surface area contributed by atoms with Gasteiger partial charge < -0.3 is 9.64 Å². The SMILES string of the molecule is COCCn1nc(C(=O)N(CCc2ccccc2)Cc2ccccc2)ccc1=O. The third kappa shape index (κ3) is 5.86. The maximum Gasteiger partial charge on any atom is 0.274 e. The van der Waals surface area contributed by atoms with E-state index in [2.05, 4.69) is 5.10 Å². The number of hydrogen-bond donors (Lipinski definition) is 0. The molecule has 0 aliphatic rings. The van der Waals surface area contributed by atoms with Crippen LogP contribution < -0.4 is 5.56 Å². The standard InChI is InChI=1S/C23H25N3O3/c1-29-17-16-26-22(27)13-12-21(24-26)23(28)25(18-20-10-6-3-7-11-20)15-14-19-8-4-2-5-9-19/h2-13H,14-18H2,1H3. The van der Waals surface area contributed by atoms with Gasteiger partial charge in [-0.15, -0.1) is 0 Å². The fourth-order valence-electron chi connectivity index (χ4n) is 3.03. The molecular formula is C23H25N3O3. The maximum absolute atomic E-state index is 13.2. The van der Waals surface area contributed by atoms with Crippen molar-refractivity contribution in [1.29, 1.82) is 0 Å². The van der Waals surface area contributed by atoms with Crippen LogP contribution in [0.25, 0.3) is 0 Å². The Kier molecular flexibility index (Phi) is 7.30. The van der Waals surface area contributed by atoms with Gasteiger partial charge in [0.2, 0.25) is 0 Å². The van der Waals surface area contributed by atoms with Crippen LogP contribution in [0, 0.1) is 0 Å². The number of carbonyl (C=O) groups is 1. The summed E-state index contributed by atoms with van der Waals surface area (Å²) in [5, 5.41) is 4.26. The van der Waals surface area contributed by atoms with Crippen LogP contribution in [0.2, 0.25) is 0 Å². The Morgan fingerprint density at radius 1 is 0.966 bits per heavy atom. The van der Waals surface area contributed by atoms with Crippen LogP contribution in [-0.4, -0.2) is 40.8 Å². The lowest BCUT2D eigenvalue weighted by atomic mass is 10.1. The highest BCUT2D eigenvalue weighted by Gasteiger charge is 2.18. The second-order valence-electron chi connectivity index (χ2n) is 6.72. The van der Waals surface area contributed by atoms with Crippen LogP contribution >= 0.6 is 0 Å². The molecule has 1 heterocycles. The summed E-state index contributed by atoms with van der Waals surface area (Å²) < 4.78 is 6.29. The van der Waals surface area contributed by atoms with E-state index in [-0.39, 0.29) is 17.2 Å². The molecule has 1 amide bonds. The molecule has 0 spiro atoms. The van der Waals surface area contributed by atoms with Gasteiger partial charge in [-0.1, -0.05) is 60.7 Å². The number of ether oxygens (including phenoxy) is 1. The van der Waals surface area contributed by atoms with Crippen molar-refractivity contribution in [2.75, 3.05) is 20.3 Å². The molecule has 3 rings (SSSR count). The van der Waals surface area contributed by atoms with E-state index in [1.165, 1.54) is 16.8 Å². The van der Waals surface area contributed by atoms with Crippen LogP contribution in [0.1, 0.15) is 21.6 Å². The number of benzene rings is 2. The first kappa shape index (κ1) is 20.5. The summed E-state index contributed by atoms with van der Waals surface area (Å²) in [5.74, 6) is -0.198. The normalized spacial score (nSPS) is 10.7. The molecule has 0 unspecified atom stereocenters. The Hall–Kier alpha value is -3.25. The third-order valence-electron chi connectivity index (χ3n) is 4.61. The summed E-state index contributed by atoms with van der Waals surface area (Å²) in [6, 6.07) is 22.8. The molecule has 0 radical (unpaired) electrons. The molecule has 1 aromatic heterocycles. The summed E-state index contributed by atoms with van der Waals surface area (Å²) in [5.41, 5.74) is 2.21. The lowest BCUT2D eigenvalue weighted by Gasteiger charge is -2.23. The number of amides is 1. The molecule has 0 saturated heterocycles. The molecule has 0 N–H and O–H groups in total. The molecule has 0 atom stereocenters. The quantitative estimate of drug-likeness (QED) is 0.563. The van der Waals surface area contributed by atoms with Crippen molar-refractivity contribution in [2.45, 2.75) is 19.5 Å². The summed E-state index contributed by atoms with van der Waals surface area (Å²) >= 11 is 0. The van der Waals surface area contributed by atoms with E-state index in [1.807, 2.05) is 60.7 Å². The lowest BCUT2D eigenvalue weighted by molar-refractivity contribution is 0.0735. The van der Waals surface area contributed by atoms with Crippen LogP contribution in [-0.2, 0) is 24.2 Å². The highest BCUT2D eigenvalue weighted by atomic mass is 16.5. The van der Waals surface area contributed by atoms with Crippen molar-refractivity contribution in [3.63, 3.8) is 0 Å². The van der Waals surface area contributed by atoms with Crippen LogP contribution in [0.5, 0.6) is 0 Å². The number of hydrogen-bond acceptors (Lipinski definition) is 4. The van der Waals surface area contributed by atoms with E-state index in [1.54, 1.807) is 12.0 Å².